The van der Waals surface area contributed by atoms with Gasteiger partial charge in [0, 0.05) is 24.0 Å². The molecule has 0 radical (unpaired) electrons. The molecule has 0 spiro atoms. The highest BCUT2D eigenvalue weighted by Crippen LogP contribution is 2.36. The number of halogens is 2. The molecule has 3 heterocycles. The number of aromatic nitrogens is 8. The quantitative estimate of drug-likeness (QED) is 0.384. The zero-order valence-electron chi connectivity index (χ0n) is 18.5. The van der Waals surface area contributed by atoms with Crippen molar-refractivity contribution in [1.82, 2.24) is 38.9 Å². The Labute approximate surface area is 197 Å². The Morgan fingerprint density at radius 1 is 1.00 bits per heavy atom. The predicted molar refractivity (Wildman–Crippen MR) is 120 cm³/mol. The van der Waals surface area contributed by atoms with Crippen LogP contribution >= 0.6 is 0 Å². The zero-order valence-corrected chi connectivity index (χ0v) is 18.5. The maximum Gasteiger partial charge on any atom is 0.333 e. The second-order valence-electron chi connectivity index (χ2n) is 8.01. The van der Waals surface area contributed by atoms with Crippen molar-refractivity contribution >= 4 is 0 Å². The van der Waals surface area contributed by atoms with E-state index >= 15 is 0 Å². The van der Waals surface area contributed by atoms with Crippen molar-refractivity contribution in [3.8, 4) is 11.4 Å². The van der Waals surface area contributed by atoms with E-state index in [1.807, 2.05) is 0 Å². The number of nitrogens with zero attached hydrogens (tertiary/aromatic N) is 8. The summed E-state index contributed by atoms with van der Waals surface area (Å²) in [6.07, 6.45) is 8.81. The topological polar surface area (TPSA) is 109 Å². The van der Waals surface area contributed by atoms with E-state index in [2.05, 4.69) is 20.3 Å². The van der Waals surface area contributed by atoms with Crippen molar-refractivity contribution in [3.63, 3.8) is 0 Å². The van der Waals surface area contributed by atoms with Crippen LogP contribution < -0.4 is 5.69 Å². The number of hydrogen-bond donors (Lipinski definition) is 1. The fourth-order valence-corrected chi connectivity index (χ4v) is 4.05. The standard InChI is InChI=1S/C23H20F2N8O2/c1-16(23(35,13-30-15-26-14-29-30)20-7-2-17(24)12-21(20)25)31-10-11-32(22(31)34)18-3-5-19(6-4-18)33-27-8-9-28-33/h2-12,14-16,35H,13H2,1H3. The summed E-state index contributed by atoms with van der Waals surface area (Å²) in [6.45, 7) is 1.36. The van der Waals surface area contributed by atoms with Gasteiger partial charge < -0.3 is 5.11 Å². The average Bonchev–Trinajstić information content (AvgIpc) is 3.61. The van der Waals surface area contributed by atoms with Gasteiger partial charge in [0.2, 0.25) is 0 Å². The van der Waals surface area contributed by atoms with Crippen LogP contribution in [0, 0.1) is 11.6 Å². The van der Waals surface area contributed by atoms with Crippen LogP contribution in [0.4, 0.5) is 8.78 Å². The summed E-state index contributed by atoms with van der Waals surface area (Å²) in [5.74, 6) is -1.71. The van der Waals surface area contributed by atoms with Crippen LogP contribution in [-0.4, -0.2) is 44.0 Å². The van der Waals surface area contributed by atoms with Gasteiger partial charge in [-0.25, -0.2) is 23.2 Å². The first-order valence-corrected chi connectivity index (χ1v) is 10.6. The predicted octanol–water partition coefficient (Wildman–Crippen LogP) is 2.24. The van der Waals surface area contributed by atoms with E-state index in [1.165, 1.54) is 43.5 Å². The number of imidazole rings is 1. The molecule has 5 aromatic rings. The first kappa shape index (κ1) is 22.3. The molecule has 2 aromatic carbocycles. The molecule has 1 N–H and O–H groups in total. The first-order chi connectivity index (χ1) is 16.9. The smallest absolute Gasteiger partial charge is 0.333 e. The molecule has 0 fully saturated rings. The number of aliphatic hydroxyl groups is 1. The summed E-state index contributed by atoms with van der Waals surface area (Å²) in [7, 11) is 0. The van der Waals surface area contributed by atoms with Gasteiger partial charge in [0.05, 0.1) is 36.4 Å². The van der Waals surface area contributed by atoms with Crippen molar-refractivity contribution in [1.29, 1.82) is 0 Å². The molecule has 35 heavy (non-hydrogen) atoms. The number of rotatable bonds is 7. The Morgan fingerprint density at radius 2 is 1.71 bits per heavy atom. The monoisotopic (exact) mass is 478 g/mol. The Morgan fingerprint density at radius 3 is 2.37 bits per heavy atom. The summed E-state index contributed by atoms with van der Waals surface area (Å²) in [4.78, 5) is 18.6. The Hall–Kier alpha value is -4.45. The van der Waals surface area contributed by atoms with Crippen molar-refractivity contribution < 1.29 is 13.9 Å². The molecule has 178 valence electrons. The molecule has 2 unspecified atom stereocenters. The molecule has 10 nitrogen and oxygen atoms in total. The lowest BCUT2D eigenvalue weighted by atomic mass is 9.86. The fraction of sp³-hybridized carbons (Fsp3) is 0.174. The third-order valence-corrected chi connectivity index (χ3v) is 5.96. The van der Waals surface area contributed by atoms with Gasteiger partial charge in [0.15, 0.2) is 0 Å². The minimum Gasteiger partial charge on any atom is -0.381 e. The van der Waals surface area contributed by atoms with Crippen molar-refractivity contribution in [2.75, 3.05) is 0 Å². The van der Waals surface area contributed by atoms with Gasteiger partial charge in [-0.1, -0.05) is 6.07 Å². The van der Waals surface area contributed by atoms with E-state index in [9.17, 15) is 18.7 Å². The Bertz CT molecular complexity index is 1490. The van der Waals surface area contributed by atoms with E-state index < -0.39 is 29.0 Å². The molecule has 0 aliphatic heterocycles. The van der Waals surface area contributed by atoms with Crippen molar-refractivity contribution in [3.05, 3.63) is 108 Å². The van der Waals surface area contributed by atoms with Gasteiger partial charge >= 0.3 is 5.69 Å². The molecule has 0 bridgehead atoms. The lowest BCUT2D eigenvalue weighted by Gasteiger charge is -2.35. The van der Waals surface area contributed by atoms with E-state index in [4.69, 9.17) is 0 Å². The normalized spacial score (nSPS) is 14.1. The average molecular weight is 478 g/mol. The highest BCUT2D eigenvalue weighted by molar-refractivity contribution is 5.40. The van der Waals surface area contributed by atoms with Crippen LogP contribution in [0.1, 0.15) is 18.5 Å². The van der Waals surface area contributed by atoms with E-state index in [1.54, 1.807) is 49.8 Å². The SMILES string of the molecule is CC(n1ccn(-c2ccc(-n3nccn3)cc2)c1=O)C(O)(Cn1cncn1)c1ccc(F)cc1F. The van der Waals surface area contributed by atoms with Crippen LogP contribution in [0.15, 0.2) is 84.7 Å². The lowest BCUT2D eigenvalue weighted by molar-refractivity contribution is -0.0342. The minimum atomic E-state index is -1.96. The van der Waals surface area contributed by atoms with Crippen LogP contribution in [0.25, 0.3) is 11.4 Å². The largest absolute Gasteiger partial charge is 0.381 e. The summed E-state index contributed by atoms with van der Waals surface area (Å²) < 4.78 is 32.4. The maximum absolute atomic E-state index is 14.8. The lowest BCUT2D eigenvalue weighted by Crippen LogP contribution is -2.43. The molecule has 3 aromatic heterocycles. The van der Waals surface area contributed by atoms with Gasteiger partial charge in [0.25, 0.3) is 0 Å². The molecular weight excluding hydrogens is 458 g/mol. The number of benzene rings is 2. The highest BCUT2D eigenvalue weighted by atomic mass is 19.1. The third-order valence-electron chi connectivity index (χ3n) is 5.96. The maximum atomic E-state index is 14.8. The molecule has 0 amide bonds. The molecule has 0 saturated carbocycles. The zero-order chi connectivity index (χ0) is 24.6. The summed E-state index contributed by atoms with van der Waals surface area (Å²) in [6, 6.07) is 8.94. The van der Waals surface area contributed by atoms with Crippen molar-refractivity contribution in [2.24, 2.45) is 0 Å². The molecular formula is C23H20F2N8O2. The molecule has 12 heteroatoms. The van der Waals surface area contributed by atoms with Gasteiger partial charge in [-0.15, -0.1) is 0 Å². The summed E-state index contributed by atoms with van der Waals surface area (Å²) in [5, 5.41) is 23.9. The second kappa shape index (κ2) is 8.72. The Kier molecular flexibility index (Phi) is 5.57. The molecule has 0 aliphatic carbocycles. The van der Waals surface area contributed by atoms with Crippen LogP contribution in [0.2, 0.25) is 0 Å². The van der Waals surface area contributed by atoms with E-state index in [-0.39, 0.29) is 12.1 Å². The summed E-state index contributed by atoms with van der Waals surface area (Å²) >= 11 is 0. The minimum absolute atomic E-state index is 0.169. The fourth-order valence-electron chi connectivity index (χ4n) is 4.05. The second-order valence-corrected chi connectivity index (χ2v) is 8.01. The first-order valence-electron chi connectivity index (χ1n) is 10.6. The van der Waals surface area contributed by atoms with Gasteiger partial charge in [-0.3, -0.25) is 9.13 Å². The molecule has 2 atom stereocenters. The van der Waals surface area contributed by atoms with E-state index in [0.717, 1.165) is 6.07 Å². The molecule has 5 rings (SSSR count). The third kappa shape index (κ3) is 4.04. The molecule has 0 saturated heterocycles. The highest BCUT2D eigenvalue weighted by Gasteiger charge is 2.41. The van der Waals surface area contributed by atoms with E-state index in [0.29, 0.717) is 17.4 Å². The Balaban J connectivity index is 1.53. The van der Waals surface area contributed by atoms with Crippen LogP contribution in [0.5, 0.6) is 0 Å². The van der Waals surface area contributed by atoms with Gasteiger partial charge in [-0.05, 0) is 37.3 Å². The molecule has 0 aliphatic rings. The van der Waals surface area contributed by atoms with Crippen LogP contribution in [-0.2, 0) is 12.1 Å². The van der Waals surface area contributed by atoms with Gasteiger partial charge in [0.1, 0.15) is 29.9 Å². The van der Waals surface area contributed by atoms with Crippen LogP contribution in [0.3, 0.4) is 0 Å². The number of hydrogen-bond acceptors (Lipinski definition) is 6. The summed E-state index contributed by atoms with van der Waals surface area (Å²) in [5.41, 5.74) is -1.30. The van der Waals surface area contributed by atoms with Gasteiger partial charge in [-0.2, -0.15) is 20.1 Å². The van der Waals surface area contributed by atoms with Crippen molar-refractivity contribution in [2.45, 2.75) is 25.1 Å².